The molecule has 2 aromatic heterocycles. The second-order valence-corrected chi connectivity index (χ2v) is 7.22. The Hall–Kier alpha value is -2.90. The molecule has 2 amide bonds. The second kappa shape index (κ2) is 8.66. The van der Waals surface area contributed by atoms with Gasteiger partial charge in [-0.05, 0) is 50.7 Å². The monoisotopic (exact) mass is 371 g/mol. The van der Waals surface area contributed by atoms with Gasteiger partial charge < -0.3 is 15.7 Å². The molecule has 3 unspecified atom stereocenters. The van der Waals surface area contributed by atoms with Gasteiger partial charge in [0.15, 0.2) is 5.82 Å². The van der Waals surface area contributed by atoms with Gasteiger partial charge in [-0.3, -0.25) is 14.9 Å². The summed E-state index contributed by atoms with van der Waals surface area (Å²) in [7, 11) is 0. The fourth-order valence-electron chi connectivity index (χ4n) is 3.81. The third-order valence-electron chi connectivity index (χ3n) is 4.97. The predicted molar refractivity (Wildman–Crippen MR) is 100 cm³/mol. The minimum Gasteiger partial charge on any atom is -0.465 e. The Balaban J connectivity index is 1.49. The van der Waals surface area contributed by atoms with E-state index in [0.717, 1.165) is 31.4 Å². The van der Waals surface area contributed by atoms with Crippen LogP contribution >= 0.6 is 0 Å². The van der Waals surface area contributed by atoms with E-state index in [9.17, 15) is 9.59 Å². The number of nitrogens with zero attached hydrogens (tertiary/aromatic N) is 2. The van der Waals surface area contributed by atoms with Crippen LogP contribution in [0.15, 0.2) is 30.5 Å². The summed E-state index contributed by atoms with van der Waals surface area (Å²) < 4.78 is 0. The lowest BCUT2D eigenvalue weighted by atomic mass is 9.96. The van der Waals surface area contributed by atoms with Gasteiger partial charge in [0.05, 0.1) is 6.42 Å². The molecule has 3 atom stereocenters. The van der Waals surface area contributed by atoms with Crippen LogP contribution in [0.1, 0.15) is 49.9 Å². The summed E-state index contributed by atoms with van der Waals surface area (Å²) in [4.78, 5) is 27.0. The largest absolute Gasteiger partial charge is 0.465 e. The van der Waals surface area contributed by atoms with Crippen LogP contribution in [0.4, 0.5) is 10.6 Å². The summed E-state index contributed by atoms with van der Waals surface area (Å²) in [6, 6.07) is 7.33. The van der Waals surface area contributed by atoms with E-state index in [4.69, 9.17) is 5.11 Å². The predicted octanol–water partition coefficient (Wildman–Crippen LogP) is 2.92. The smallest absolute Gasteiger partial charge is 0.404 e. The van der Waals surface area contributed by atoms with Crippen LogP contribution in [-0.2, 0) is 11.2 Å². The quantitative estimate of drug-likeness (QED) is 0.596. The molecule has 2 heterocycles. The van der Waals surface area contributed by atoms with Crippen molar-refractivity contribution in [1.29, 1.82) is 0 Å². The normalized spacial score (nSPS) is 20.2. The number of hydrogen-bond donors (Lipinski definition) is 4. The van der Waals surface area contributed by atoms with Crippen molar-refractivity contribution in [2.75, 3.05) is 5.32 Å². The number of aromatic amines is 1. The molecule has 0 saturated heterocycles. The number of aromatic nitrogens is 3. The van der Waals surface area contributed by atoms with Crippen molar-refractivity contribution in [3.8, 4) is 0 Å². The number of carboxylic acid groups (broad SMARTS) is 1. The van der Waals surface area contributed by atoms with Gasteiger partial charge in [0.1, 0.15) is 0 Å². The maximum absolute atomic E-state index is 12.1. The van der Waals surface area contributed by atoms with Crippen LogP contribution in [0.5, 0.6) is 0 Å². The summed E-state index contributed by atoms with van der Waals surface area (Å²) in [6.45, 7) is 1.90. The number of hydrogen-bond acceptors (Lipinski definition) is 4. The first-order valence-electron chi connectivity index (χ1n) is 9.24. The SMILES string of the molecule is CC(CC1CCC(c2cc(NC(=O)Cc3ccccn3)n[nH]2)C1)NC(=O)O. The fraction of sp³-hybridized carbons (Fsp3) is 0.474. The zero-order chi connectivity index (χ0) is 19.2. The molecule has 144 valence electrons. The molecule has 0 aromatic carbocycles. The highest BCUT2D eigenvalue weighted by atomic mass is 16.4. The zero-order valence-electron chi connectivity index (χ0n) is 15.3. The van der Waals surface area contributed by atoms with E-state index < -0.39 is 6.09 Å². The maximum Gasteiger partial charge on any atom is 0.404 e. The van der Waals surface area contributed by atoms with Crippen molar-refractivity contribution in [1.82, 2.24) is 20.5 Å². The minimum absolute atomic E-state index is 0.0468. The third-order valence-corrected chi connectivity index (χ3v) is 4.97. The lowest BCUT2D eigenvalue weighted by molar-refractivity contribution is -0.115. The summed E-state index contributed by atoms with van der Waals surface area (Å²) in [5.74, 6) is 1.23. The molecular formula is C19H25N5O3. The Morgan fingerprint density at radius 1 is 1.37 bits per heavy atom. The Kier molecular flexibility index (Phi) is 6.05. The van der Waals surface area contributed by atoms with Gasteiger partial charge in [-0.25, -0.2) is 4.79 Å². The molecule has 2 aromatic rings. The molecule has 1 fully saturated rings. The van der Waals surface area contributed by atoms with Gasteiger partial charge >= 0.3 is 6.09 Å². The van der Waals surface area contributed by atoms with Crippen LogP contribution in [-0.4, -0.2) is 38.3 Å². The molecule has 4 N–H and O–H groups in total. The van der Waals surface area contributed by atoms with Crippen molar-refractivity contribution in [2.24, 2.45) is 5.92 Å². The van der Waals surface area contributed by atoms with E-state index in [2.05, 4.69) is 25.8 Å². The van der Waals surface area contributed by atoms with Gasteiger partial charge in [-0.2, -0.15) is 5.10 Å². The average Bonchev–Trinajstić information content (AvgIpc) is 3.24. The van der Waals surface area contributed by atoms with Crippen LogP contribution in [0.25, 0.3) is 0 Å². The number of rotatable bonds is 7. The van der Waals surface area contributed by atoms with Crippen molar-refractivity contribution in [2.45, 2.75) is 51.0 Å². The topological polar surface area (TPSA) is 120 Å². The summed E-state index contributed by atoms with van der Waals surface area (Å²) in [5.41, 5.74) is 1.73. The zero-order valence-corrected chi connectivity index (χ0v) is 15.3. The van der Waals surface area contributed by atoms with Crippen molar-refractivity contribution in [3.05, 3.63) is 41.9 Å². The van der Waals surface area contributed by atoms with Gasteiger partial charge in [-0.15, -0.1) is 0 Å². The molecule has 3 rings (SSSR count). The summed E-state index contributed by atoms with van der Waals surface area (Å²) in [5, 5.41) is 21.3. The molecule has 1 saturated carbocycles. The minimum atomic E-state index is -0.975. The van der Waals surface area contributed by atoms with E-state index >= 15 is 0 Å². The number of amides is 2. The number of H-pyrrole nitrogens is 1. The van der Waals surface area contributed by atoms with Gasteiger partial charge in [-0.1, -0.05) is 6.07 Å². The number of carbonyl (C=O) groups is 2. The number of anilines is 1. The van der Waals surface area contributed by atoms with E-state index in [1.165, 1.54) is 0 Å². The molecule has 1 aliphatic carbocycles. The molecular weight excluding hydrogens is 346 g/mol. The van der Waals surface area contributed by atoms with E-state index in [1.54, 1.807) is 6.20 Å². The first-order chi connectivity index (χ1) is 13.0. The lowest BCUT2D eigenvalue weighted by Gasteiger charge is -2.16. The molecule has 27 heavy (non-hydrogen) atoms. The molecule has 0 spiro atoms. The van der Waals surface area contributed by atoms with Crippen molar-refractivity contribution < 1.29 is 14.7 Å². The maximum atomic E-state index is 12.1. The Morgan fingerprint density at radius 3 is 2.96 bits per heavy atom. The highest BCUT2D eigenvalue weighted by molar-refractivity contribution is 5.91. The fourth-order valence-corrected chi connectivity index (χ4v) is 3.81. The van der Waals surface area contributed by atoms with E-state index in [0.29, 0.717) is 23.3 Å². The molecule has 0 bridgehead atoms. The third kappa shape index (κ3) is 5.54. The van der Waals surface area contributed by atoms with Crippen LogP contribution in [0.2, 0.25) is 0 Å². The van der Waals surface area contributed by atoms with Gasteiger partial charge in [0.25, 0.3) is 0 Å². The number of carbonyl (C=O) groups excluding carboxylic acids is 1. The lowest BCUT2D eigenvalue weighted by Crippen LogP contribution is -2.32. The molecule has 8 heteroatoms. The van der Waals surface area contributed by atoms with Crippen LogP contribution in [0.3, 0.4) is 0 Å². The first-order valence-corrected chi connectivity index (χ1v) is 9.24. The van der Waals surface area contributed by atoms with Crippen LogP contribution < -0.4 is 10.6 Å². The summed E-state index contributed by atoms with van der Waals surface area (Å²) >= 11 is 0. The van der Waals surface area contributed by atoms with E-state index in [-0.39, 0.29) is 18.4 Å². The number of pyridine rings is 1. The molecule has 0 aliphatic heterocycles. The molecule has 1 aliphatic rings. The second-order valence-electron chi connectivity index (χ2n) is 7.22. The van der Waals surface area contributed by atoms with Gasteiger partial charge in [0.2, 0.25) is 5.91 Å². The average molecular weight is 371 g/mol. The summed E-state index contributed by atoms with van der Waals surface area (Å²) in [6.07, 6.45) is 4.84. The molecule has 0 radical (unpaired) electrons. The number of nitrogens with one attached hydrogen (secondary N) is 3. The Bertz CT molecular complexity index is 777. The van der Waals surface area contributed by atoms with Crippen LogP contribution in [0, 0.1) is 5.92 Å². The highest BCUT2D eigenvalue weighted by Crippen LogP contribution is 2.40. The Labute approximate surface area is 157 Å². The Morgan fingerprint density at radius 2 is 2.22 bits per heavy atom. The van der Waals surface area contributed by atoms with Crippen molar-refractivity contribution >= 4 is 17.8 Å². The first kappa shape index (κ1) is 18.9. The van der Waals surface area contributed by atoms with Gasteiger partial charge in [0, 0.05) is 35.6 Å². The molecule has 8 nitrogen and oxygen atoms in total. The standard InChI is InChI=1S/C19H25N5O3/c1-12(21-19(26)27)8-13-5-6-14(9-13)16-11-17(24-23-16)22-18(25)10-15-4-2-3-7-20-15/h2-4,7,11-14,21H,5-6,8-10H2,1H3,(H,26,27)(H2,22,23,24,25). The van der Waals surface area contributed by atoms with E-state index in [1.807, 2.05) is 31.2 Å². The van der Waals surface area contributed by atoms with Crippen molar-refractivity contribution in [3.63, 3.8) is 0 Å². The highest BCUT2D eigenvalue weighted by Gasteiger charge is 2.28.